The predicted octanol–water partition coefficient (Wildman–Crippen LogP) is 1.61. The third-order valence-corrected chi connectivity index (χ3v) is 3.40. The number of aromatic nitrogens is 3. The molecule has 0 amide bonds. The van der Waals surface area contributed by atoms with Crippen molar-refractivity contribution in [1.82, 2.24) is 25.4 Å². The lowest BCUT2D eigenvalue weighted by Gasteiger charge is -2.11. The first-order valence-electron chi connectivity index (χ1n) is 7.60. The summed E-state index contributed by atoms with van der Waals surface area (Å²) >= 11 is 0. The smallest absolute Gasteiger partial charge is 0.191 e. The fourth-order valence-electron chi connectivity index (χ4n) is 1.94. The maximum atomic E-state index is 5.53. The minimum Gasteiger partial charge on any atom is -0.467 e. The maximum Gasteiger partial charge on any atom is 0.191 e. The van der Waals surface area contributed by atoms with E-state index < -0.39 is 0 Å². The molecule has 134 valence electrons. The van der Waals surface area contributed by atoms with E-state index in [0.717, 1.165) is 36.3 Å². The van der Waals surface area contributed by atoms with Gasteiger partial charge in [0.05, 0.1) is 12.8 Å². The van der Waals surface area contributed by atoms with E-state index in [4.69, 9.17) is 9.15 Å². The molecule has 0 aliphatic carbocycles. The molecule has 2 heterocycles. The van der Waals surface area contributed by atoms with Gasteiger partial charge in [-0.25, -0.2) is 0 Å². The molecule has 0 aliphatic heterocycles. The van der Waals surface area contributed by atoms with Gasteiger partial charge >= 0.3 is 0 Å². The predicted molar refractivity (Wildman–Crippen MR) is 102 cm³/mol. The fourth-order valence-corrected chi connectivity index (χ4v) is 1.94. The second-order valence-electron chi connectivity index (χ2n) is 5.06. The van der Waals surface area contributed by atoms with Crippen LogP contribution in [0.2, 0.25) is 0 Å². The zero-order valence-electron chi connectivity index (χ0n) is 14.3. The summed E-state index contributed by atoms with van der Waals surface area (Å²) in [6.45, 7) is 4.44. The lowest BCUT2D eigenvalue weighted by atomic mass is 10.4. The van der Waals surface area contributed by atoms with Gasteiger partial charge in [-0.15, -0.1) is 34.2 Å². The first kappa shape index (κ1) is 20.4. The number of aliphatic imine (C=N–C) groups is 1. The number of hydrogen-bond donors (Lipinski definition) is 2. The molecule has 0 radical (unpaired) electrons. The standard InChI is InChI=1S/C15H24N6O2.HI/c1-12-19-20-14(21(12)3)10-18-15(16-2)17-7-5-8-22-11-13-6-4-9-23-13;/h4,6,9H,5,7-8,10-11H2,1-3H3,(H2,16,17,18);1H. The molecule has 0 bridgehead atoms. The van der Waals surface area contributed by atoms with Crippen LogP contribution < -0.4 is 10.6 Å². The Labute approximate surface area is 159 Å². The Morgan fingerprint density at radius 1 is 1.38 bits per heavy atom. The van der Waals surface area contributed by atoms with E-state index in [9.17, 15) is 0 Å². The van der Waals surface area contributed by atoms with E-state index >= 15 is 0 Å². The van der Waals surface area contributed by atoms with Gasteiger partial charge in [-0.05, 0) is 25.5 Å². The van der Waals surface area contributed by atoms with E-state index in [1.807, 2.05) is 30.7 Å². The van der Waals surface area contributed by atoms with Crippen molar-refractivity contribution in [2.24, 2.45) is 12.0 Å². The Kier molecular flexibility index (Phi) is 9.38. The van der Waals surface area contributed by atoms with Crippen molar-refractivity contribution < 1.29 is 9.15 Å². The van der Waals surface area contributed by atoms with Crippen molar-refractivity contribution in [1.29, 1.82) is 0 Å². The van der Waals surface area contributed by atoms with E-state index in [2.05, 4.69) is 25.8 Å². The zero-order chi connectivity index (χ0) is 16.5. The van der Waals surface area contributed by atoms with E-state index in [1.165, 1.54) is 0 Å². The molecule has 0 saturated carbocycles. The number of nitrogens with zero attached hydrogens (tertiary/aromatic N) is 4. The van der Waals surface area contributed by atoms with Gasteiger partial charge < -0.3 is 24.4 Å². The number of nitrogens with one attached hydrogen (secondary N) is 2. The van der Waals surface area contributed by atoms with Gasteiger partial charge in [0.15, 0.2) is 11.8 Å². The summed E-state index contributed by atoms with van der Waals surface area (Å²) in [5.74, 6) is 3.33. The number of aryl methyl sites for hydroxylation is 1. The highest BCUT2D eigenvalue weighted by Crippen LogP contribution is 2.01. The first-order chi connectivity index (χ1) is 11.2. The van der Waals surface area contributed by atoms with Crippen LogP contribution in [-0.4, -0.2) is 40.9 Å². The van der Waals surface area contributed by atoms with E-state index in [-0.39, 0.29) is 24.0 Å². The summed E-state index contributed by atoms with van der Waals surface area (Å²) in [5.41, 5.74) is 0. The summed E-state index contributed by atoms with van der Waals surface area (Å²) in [6.07, 6.45) is 2.53. The van der Waals surface area contributed by atoms with Crippen LogP contribution in [0.25, 0.3) is 0 Å². The number of rotatable bonds is 8. The van der Waals surface area contributed by atoms with Crippen molar-refractivity contribution in [3.63, 3.8) is 0 Å². The normalized spacial score (nSPS) is 11.2. The minimum absolute atomic E-state index is 0. The van der Waals surface area contributed by atoms with E-state index in [1.54, 1.807) is 13.3 Å². The summed E-state index contributed by atoms with van der Waals surface area (Å²) in [7, 11) is 3.68. The molecule has 2 N–H and O–H groups in total. The van der Waals surface area contributed by atoms with Crippen LogP contribution in [0.5, 0.6) is 0 Å². The number of ether oxygens (including phenoxy) is 1. The molecular formula is C15H25IN6O2. The van der Waals surface area contributed by atoms with Crippen molar-refractivity contribution in [3.8, 4) is 0 Å². The van der Waals surface area contributed by atoms with Gasteiger partial charge in [0, 0.05) is 27.2 Å². The Morgan fingerprint density at radius 3 is 2.83 bits per heavy atom. The lowest BCUT2D eigenvalue weighted by molar-refractivity contribution is 0.105. The van der Waals surface area contributed by atoms with Crippen LogP contribution in [0.4, 0.5) is 0 Å². The maximum absolute atomic E-state index is 5.53. The minimum atomic E-state index is 0. The Balaban J connectivity index is 0.00000288. The van der Waals surface area contributed by atoms with Gasteiger partial charge in [-0.1, -0.05) is 0 Å². The van der Waals surface area contributed by atoms with Crippen molar-refractivity contribution >= 4 is 29.9 Å². The molecule has 0 spiro atoms. The average Bonchev–Trinajstić information content (AvgIpc) is 3.18. The van der Waals surface area contributed by atoms with Crippen LogP contribution in [0, 0.1) is 6.92 Å². The summed E-state index contributed by atoms with van der Waals surface area (Å²) in [5, 5.41) is 14.6. The molecule has 0 aromatic carbocycles. The molecule has 0 fully saturated rings. The van der Waals surface area contributed by atoms with Crippen LogP contribution in [0.1, 0.15) is 23.8 Å². The molecular weight excluding hydrogens is 423 g/mol. The summed E-state index contributed by atoms with van der Waals surface area (Å²) in [6, 6.07) is 3.76. The molecule has 0 atom stereocenters. The number of hydrogen-bond acceptors (Lipinski definition) is 5. The molecule has 0 unspecified atom stereocenters. The van der Waals surface area contributed by atoms with Gasteiger partial charge in [0.2, 0.25) is 0 Å². The monoisotopic (exact) mass is 448 g/mol. The highest BCUT2D eigenvalue weighted by molar-refractivity contribution is 14.0. The third-order valence-electron chi connectivity index (χ3n) is 3.40. The molecule has 8 nitrogen and oxygen atoms in total. The highest BCUT2D eigenvalue weighted by atomic mass is 127. The van der Waals surface area contributed by atoms with Gasteiger partial charge in [-0.3, -0.25) is 4.99 Å². The number of furan rings is 1. The molecule has 24 heavy (non-hydrogen) atoms. The van der Waals surface area contributed by atoms with Gasteiger partial charge in [0.25, 0.3) is 0 Å². The topological polar surface area (TPSA) is 89.5 Å². The lowest BCUT2D eigenvalue weighted by Crippen LogP contribution is -2.38. The number of guanidine groups is 1. The highest BCUT2D eigenvalue weighted by Gasteiger charge is 2.05. The Morgan fingerprint density at radius 2 is 2.21 bits per heavy atom. The summed E-state index contributed by atoms with van der Waals surface area (Å²) < 4.78 is 12.7. The SMILES string of the molecule is CN=C(NCCCOCc1ccco1)NCc1nnc(C)n1C.I. The molecule has 2 rings (SSSR count). The molecule has 9 heteroatoms. The Hall–Kier alpha value is -1.62. The summed E-state index contributed by atoms with van der Waals surface area (Å²) in [4.78, 5) is 4.18. The molecule has 0 aliphatic rings. The van der Waals surface area contributed by atoms with Crippen molar-refractivity contribution in [3.05, 3.63) is 35.8 Å². The first-order valence-corrected chi connectivity index (χ1v) is 7.60. The third kappa shape index (κ3) is 6.48. The molecule has 2 aromatic rings. The second kappa shape index (κ2) is 11.0. The van der Waals surface area contributed by atoms with Crippen LogP contribution in [-0.2, 0) is 24.9 Å². The molecule has 0 saturated heterocycles. The second-order valence-corrected chi connectivity index (χ2v) is 5.06. The van der Waals surface area contributed by atoms with E-state index in [0.29, 0.717) is 19.8 Å². The fraction of sp³-hybridized carbons (Fsp3) is 0.533. The number of halogens is 1. The van der Waals surface area contributed by atoms with Gasteiger partial charge in [-0.2, -0.15) is 0 Å². The average molecular weight is 448 g/mol. The Bertz CT molecular complexity index is 612. The quantitative estimate of drug-likeness (QED) is 0.276. The van der Waals surface area contributed by atoms with Crippen molar-refractivity contribution in [2.45, 2.75) is 26.5 Å². The largest absolute Gasteiger partial charge is 0.467 e. The van der Waals surface area contributed by atoms with Crippen molar-refractivity contribution in [2.75, 3.05) is 20.2 Å². The van der Waals surface area contributed by atoms with Crippen LogP contribution in [0.15, 0.2) is 27.8 Å². The zero-order valence-corrected chi connectivity index (χ0v) is 16.6. The van der Waals surface area contributed by atoms with Crippen LogP contribution in [0.3, 0.4) is 0 Å². The molecule has 2 aromatic heterocycles. The van der Waals surface area contributed by atoms with Gasteiger partial charge in [0.1, 0.15) is 18.2 Å². The van der Waals surface area contributed by atoms with Crippen LogP contribution >= 0.6 is 24.0 Å².